The van der Waals surface area contributed by atoms with E-state index in [0.717, 1.165) is 6.42 Å². The molecule has 1 aromatic heterocycles. The van der Waals surface area contributed by atoms with Crippen LogP contribution in [0, 0.1) is 0 Å². The Bertz CT molecular complexity index is 309. The molecule has 0 saturated heterocycles. The van der Waals surface area contributed by atoms with E-state index in [1.165, 1.54) is 0 Å². The van der Waals surface area contributed by atoms with Crippen molar-refractivity contribution < 1.29 is 4.79 Å². The maximum Gasteiger partial charge on any atom is 0.222 e. The van der Waals surface area contributed by atoms with Crippen molar-refractivity contribution in [1.82, 2.24) is 15.1 Å². The minimum absolute atomic E-state index is 0.0541. The first-order chi connectivity index (χ1) is 6.75. The van der Waals surface area contributed by atoms with Crippen LogP contribution in [0.1, 0.15) is 12.8 Å². The van der Waals surface area contributed by atoms with E-state index in [0.29, 0.717) is 13.0 Å². The van der Waals surface area contributed by atoms with Crippen molar-refractivity contribution in [1.29, 1.82) is 0 Å². The predicted octanol–water partition coefficient (Wildman–Crippen LogP) is -0.511. The first-order valence-electron chi connectivity index (χ1n) is 4.78. The zero-order chi connectivity index (χ0) is 9.97. The summed E-state index contributed by atoms with van der Waals surface area (Å²) >= 11 is 0. The van der Waals surface area contributed by atoms with Crippen LogP contribution in [0.4, 0.5) is 0 Å². The highest BCUT2D eigenvalue weighted by Gasteiger charge is 2.34. The van der Waals surface area contributed by atoms with Gasteiger partial charge in [0.1, 0.15) is 0 Å². The number of rotatable bonds is 4. The molecule has 0 aliphatic heterocycles. The molecule has 2 rings (SSSR count). The number of amides is 1. The second-order valence-electron chi connectivity index (χ2n) is 3.59. The molecule has 0 aromatic carbocycles. The van der Waals surface area contributed by atoms with Gasteiger partial charge in [0.05, 0.1) is 0 Å². The summed E-state index contributed by atoms with van der Waals surface area (Å²) in [5, 5.41) is 6.87. The van der Waals surface area contributed by atoms with Crippen molar-refractivity contribution in [2.45, 2.75) is 31.5 Å². The molecule has 0 spiro atoms. The summed E-state index contributed by atoms with van der Waals surface area (Å²) in [7, 11) is 0. The summed E-state index contributed by atoms with van der Waals surface area (Å²) in [4.78, 5) is 11.3. The predicted molar refractivity (Wildman–Crippen MR) is 51.4 cm³/mol. The van der Waals surface area contributed by atoms with Crippen LogP contribution in [0.15, 0.2) is 18.5 Å². The van der Waals surface area contributed by atoms with E-state index >= 15 is 0 Å². The molecule has 0 bridgehead atoms. The van der Waals surface area contributed by atoms with Gasteiger partial charge in [-0.15, -0.1) is 0 Å². The number of nitrogens with one attached hydrogen (secondary N) is 1. The zero-order valence-electron chi connectivity index (χ0n) is 7.89. The molecular weight excluding hydrogens is 180 g/mol. The molecule has 0 radical (unpaired) electrons. The molecule has 2 atom stereocenters. The van der Waals surface area contributed by atoms with Crippen LogP contribution in [-0.2, 0) is 11.3 Å². The topological polar surface area (TPSA) is 72.9 Å². The average Bonchev–Trinajstić information content (AvgIpc) is 2.71. The molecule has 1 fully saturated rings. The zero-order valence-corrected chi connectivity index (χ0v) is 7.89. The summed E-state index contributed by atoms with van der Waals surface area (Å²) in [5.41, 5.74) is 5.57. The first-order valence-corrected chi connectivity index (χ1v) is 4.78. The van der Waals surface area contributed by atoms with Crippen molar-refractivity contribution in [2.24, 2.45) is 5.73 Å². The number of nitrogens with zero attached hydrogens (tertiary/aromatic N) is 2. The van der Waals surface area contributed by atoms with Crippen molar-refractivity contribution in [3.63, 3.8) is 0 Å². The Balaban J connectivity index is 1.68. The normalized spacial score (nSPS) is 24.6. The fourth-order valence-electron chi connectivity index (χ4n) is 1.31. The largest absolute Gasteiger partial charge is 0.352 e. The van der Waals surface area contributed by atoms with Crippen molar-refractivity contribution in [3.8, 4) is 0 Å². The highest BCUT2D eigenvalue weighted by Crippen LogP contribution is 2.17. The number of hydrogen-bond donors (Lipinski definition) is 2. The highest BCUT2D eigenvalue weighted by molar-refractivity contribution is 5.76. The summed E-state index contributed by atoms with van der Waals surface area (Å²) < 4.78 is 1.74. The fourth-order valence-corrected chi connectivity index (χ4v) is 1.31. The van der Waals surface area contributed by atoms with Crippen molar-refractivity contribution in [3.05, 3.63) is 18.5 Å². The molecular formula is C9H14N4O. The molecule has 1 heterocycles. The van der Waals surface area contributed by atoms with E-state index < -0.39 is 0 Å². The highest BCUT2D eigenvalue weighted by atomic mass is 16.1. The first kappa shape index (κ1) is 9.21. The molecule has 1 aromatic rings. The summed E-state index contributed by atoms with van der Waals surface area (Å²) in [6.45, 7) is 0.626. The number of aryl methyl sites for hydroxylation is 1. The molecule has 5 heteroatoms. The molecule has 1 aliphatic rings. The van der Waals surface area contributed by atoms with Gasteiger partial charge >= 0.3 is 0 Å². The van der Waals surface area contributed by atoms with Gasteiger partial charge in [-0.25, -0.2) is 0 Å². The molecule has 1 saturated carbocycles. The molecule has 14 heavy (non-hydrogen) atoms. The van der Waals surface area contributed by atoms with Crippen LogP contribution in [0.2, 0.25) is 0 Å². The van der Waals surface area contributed by atoms with E-state index in [2.05, 4.69) is 10.4 Å². The van der Waals surface area contributed by atoms with Gasteiger partial charge in [0.2, 0.25) is 5.91 Å². The van der Waals surface area contributed by atoms with Crippen LogP contribution in [0.25, 0.3) is 0 Å². The minimum atomic E-state index is 0.0541. The molecule has 3 N–H and O–H groups in total. The van der Waals surface area contributed by atoms with E-state index in [1.54, 1.807) is 10.9 Å². The van der Waals surface area contributed by atoms with Gasteiger partial charge in [0, 0.05) is 37.4 Å². The molecule has 76 valence electrons. The summed E-state index contributed by atoms with van der Waals surface area (Å²) in [5.74, 6) is 0.0541. The summed E-state index contributed by atoms with van der Waals surface area (Å²) in [6.07, 6.45) is 4.92. The fraction of sp³-hybridized carbons (Fsp3) is 0.556. The van der Waals surface area contributed by atoms with Crippen molar-refractivity contribution in [2.75, 3.05) is 0 Å². The third kappa shape index (κ3) is 2.32. The van der Waals surface area contributed by atoms with Gasteiger partial charge in [-0.3, -0.25) is 9.48 Å². The van der Waals surface area contributed by atoms with Crippen LogP contribution < -0.4 is 11.1 Å². The lowest BCUT2D eigenvalue weighted by atomic mass is 10.4. The Kier molecular flexibility index (Phi) is 2.49. The number of aromatic nitrogens is 2. The van der Waals surface area contributed by atoms with Crippen LogP contribution in [-0.4, -0.2) is 27.8 Å². The van der Waals surface area contributed by atoms with Crippen LogP contribution >= 0.6 is 0 Å². The monoisotopic (exact) mass is 194 g/mol. The number of nitrogens with two attached hydrogens (primary N) is 1. The van der Waals surface area contributed by atoms with Gasteiger partial charge in [0.25, 0.3) is 0 Å². The number of hydrogen-bond acceptors (Lipinski definition) is 3. The van der Waals surface area contributed by atoms with E-state index in [9.17, 15) is 4.79 Å². The van der Waals surface area contributed by atoms with E-state index in [1.807, 2.05) is 12.3 Å². The second kappa shape index (κ2) is 3.79. The van der Waals surface area contributed by atoms with Gasteiger partial charge in [-0.05, 0) is 12.5 Å². The average molecular weight is 194 g/mol. The van der Waals surface area contributed by atoms with Gasteiger partial charge in [-0.1, -0.05) is 0 Å². The Morgan fingerprint density at radius 1 is 1.71 bits per heavy atom. The van der Waals surface area contributed by atoms with Crippen LogP contribution in [0.3, 0.4) is 0 Å². The second-order valence-corrected chi connectivity index (χ2v) is 3.59. The molecule has 5 nitrogen and oxygen atoms in total. The van der Waals surface area contributed by atoms with Crippen LogP contribution in [0.5, 0.6) is 0 Å². The minimum Gasteiger partial charge on any atom is -0.352 e. The Morgan fingerprint density at radius 2 is 2.50 bits per heavy atom. The third-order valence-electron chi connectivity index (χ3n) is 2.31. The maximum absolute atomic E-state index is 11.3. The van der Waals surface area contributed by atoms with Gasteiger partial charge in [-0.2, -0.15) is 5.10 Å². The number of carbonyl (C=O) groups excluding carboxylic acids is 1. The Hall–Kier alpha value is -1.36. The van der Waals surface area contributed by atoms with Crippen molar-refractivity contribution >= 4 is 5.91 Å². The smallest absolute Gasteiger partial charge is 0.222 e. The third-order valence-corrected chi connectivity index (χ3v) is 2.31. The molecule has 1 aliphatic carbocycles. The standard InChI is InChI=1S/C9H14N4O/c10-7-6-8(7)12-9(14)2-5-13-4-1-3-11-13/h1,3-4,7-8H,2,5-6,10H2,(H,12,14). The van der Waals surface area contributed by atoms with E-state index in [4.69, 9.17) is 5.73 Å². The lowest BCUT2D eigenvalue weighted by Gasteiger charge is -2.03. The maximum atomic E-state index is 11.3. The SMILES string of the molecule is NC1CC1NC(=O)CCn1cccn1. The Labute approximate surface area is 82.3 Å². The lowest BCUT2D eigenvalue weighted by Crippen LogP contribution is -2.30. The van der Waals surface area contributed by atoms with Gasteiger partial charge in [0.15, 0.2) is 0 Å². The number of carbonyl (C=O) groups is 1. The lowest BCUT2D eigenvalue weighted by molar-refractivity contribution is -0.121. The molecule has 1 amide bonds. The molecule has 2 unspecified atom stereocenters. The summed E-state index contributed by atoms with van der Waals surface area (Å²) in [6, 6.07) is 2.22. The Morgan fingerprint density at radius 3 is 3.07 bits per heavy atom. The van der Waals surface area contributed by atoms with E-state index in [-0.39, 0.29) is 18.0 Å². The van der Waals surface area contributed by atoms with Gasteiger partial charge < -0.3 is 11.1 Å². The quantitative estimate of drug-likeness (QED) is 0.678.